The van der Waals surface area contributed by atoms with Crippen molar-refractivity contribution < 1.29 is 9.53 Å². The molecule has 0 unspecified atom stereocenters. The summed E-state index contributed by atoms with van der Waals surface area (Å²) in [5, 5.41) is 12.8. The number of fused-ring (bicyclic) bond motifs is 1. The van der Waals surface area contributed by atoms with Gasteiger partial charge in [0.1, 0.15) is 17.4 Å². The average molecular weight is 696 g/mol. The Labute approximate surface area is 247 Å². The standard InChI is InChI=1S/C30H23BrIN3O2S/c31-24-14-21(15-25(32)28(24)37-18-20-12-10-19(16-33)11-13-20)17-34-30-27(23-8-4-5-9-26(23)38-30)29(36)35-22-6-2-1-3-7-22/h1-3,6-7,10-15,17H,4-5,8-9,18H2,(H,35,36). The van der Waals surface area contributed by atoms with Crippen molar-refractivity contribution in [3.63, 3.8) is 0 Å². The number of carbonyl (C=O) groups is 1. The van der Waals surface area contributed by atoms with E-state index in [4.69, 9.17) is 15.0 Å². The molecule has 3 aromatic carbocycles. The fourth-order valence-corrected chi connectivity index (χ4v) is 7.35. The Morgan fingerprint density at radius 1 is 1.13 bits per heavy atom. The van der Waals surface area contributed by atoms with Crippen LogP contribution in [0.15, 0.2) is 76.2 Å². The van der Waals surface area contributed by atoms with Crippen LogP contribution in [0.5, 0.6) is 5.75 Å². The maximum Gasteiger partial charge on any atom is 0.259 e. The molecule has 0 bridgehead atoms. The largest absolute Gasteiger partial charge is 0.487 e. The van der Waals surface area contributed by atoms with Crippen molar-refractivity contribution in [2.24, 2.45) is 4.99 Å². The first-order valence-electron chi connectivity index (χ1n) is 12.2. The lowest BCUT2D eigenvalue weighted by molar-refractivity contribution is 0.102. The summed E-state index contributed by atoms with van der Waals surface area (Å²) in [5.74, 6) is 0.645. The molecule has 0 radical (unpaired) electrons. The molecule has 1 heterocycles. The molecule has 190 valence electrons. The van der Waals surface area contributed by atoms with Crippen LogP contribution in [0, 0.1) is 14.9 Å². The highest BCUT2D eigenvalue weighted by atomic mass is 127. The van der Waals surface area contributed by atoms with E-state index in [2.05, 4.69) is 49.9 Å². The van der Waals surface area contributed by atoms with Crippen LogP contribution in [-0.4, -0.2) is 12.1 Å². The molecule has 1 aliphatic rings. The summed E-state index contributed by atoms with van der Waals surface area (Å²) < 4.78 is 7.84. The molecule has 0 spiro atoms. The first kappa shape index (κ1) is 26.6. The van der Waals surface area contributed by atoms with Crippen LogP contribution in [0.3, 0.4) is 0 Å². The highest BCUT2D eigenvalue weighted by Crippen LogP contribution is 2.40. The summed E-state index contributed by atoms with van der Waals surface area (Å²) in [6.45, 7) is 0.397. The Bertz CT molecular complexity index is 1520. The Morgan fingerprint density at radius 3 is 2.63 bits per heavy atom. The highest BCUT2D eigenvalue weighted by Gasteiger charge is 2.25. The number of ether oxygens (including phenoxy) is 1. The van der Waals surface area contributed by atoms with Gasteiger partial charge in [-0.1, -0.05) is 30.3 Å². The lowest BCUT2D eigenvalue weighted by Gasteiger charge is -2.13. The van der Waals surface area contributed by atoms with Gasteiger partial charge in [-0.2, -0.15) is 5.26 Å². The van der Waals surface area contributed by atoms with E-state index in [1.165, 1.54) is 4.88 Å². The smallest absolute Gasteiger partial charge is 0.259 e. The van der Waals surface area contributed by atoms with E-state index in [1.807, 2.05) is 60.8 Å². The predicted octanol–water partition coefficient (Wildman–Crippen LogP) is 8.45. The van der Waals surface area contributed by atoms with Gasteiger partial charge in [-0.15, -0.1) is 11.3 Å². The molecule has 8 heteroatoms. The molecule has 0 saturated carbocycles. The SMILES string of the molecule is N#Cc1ccc(COc2c(Br)cc(C=Nc3sc4c(c3C(=O)Nc3ccccc3)CCCC4)cc2I)cc1. The number of nitrogens with zero attached hydrogens (tertiary/aromatic N) is 2. The summed E-state index contributed by atoms with van der Waals surface area (Å²) in [4.78, 5) is 19.4. The minimum atomic E-state index is -0.106. The number of aliphatic imine (C=N–C) groups is 1. The van der Waals surface area contributed by atoms with Crippen LogP contribution >= 0.6 is 49.9 Å². The third kappa shape index (κ3) is 6.17. The second-order valence-electron chi connectivity index (χ2n) is 8.88. The summed E-state index contributed by atoms with van der Waals surface area (Å²) in [5.41, 5.74) is 5.14. The fourth-order valence-electron chi connectivity index (χ4n) is 4.35. The van der Waals surface area contributed by atoms with Crippen LogP contribution in [0.2, 0.25) is 0 Å². The van der Waals surface area contributed by atoms with Gasteiger partial charge in [-0.3, -0.25) is 4.79 Å². The molecule has 4 aromatic rings. The third-order valence-corrected chi connectivity index (χ3v) is 8.82. The minimum absolute atomic E-state index is 0.106. The van der Waals surface area contributed by atoms with Gasteiger partial charge in [0.2, 0.25) is 0 Å². The van der Waals surface area contributed by atoms with Crippen molar-refractivity contribution in [3.05, 3.63) is 107 Å². The molecule has 1 amide bonds. The summed E-state index contributed by atoms with van der Waals surface area (Å²) in [6.07, 6.45) is 5.95. The zero-order valence-electron chi connectivity index (χ0n) is 20.3. The normalized spacial score (nSPS) is 12.7. The van der Waals surface area contributed by atoms with Crippen LogP contribution in [0.1, 0.15) is 50.3 Å². The van der Waals surface area contributed by atoms with Crippen molar-refractivity contribution in [1.29, 1.82) is 5.26 Å². The van der Waals surface area contributed by atoms with Crippen LogP contribution in [0.25, 0.3) is 0 Å². The number of hydrogen-bond donors (Lipinski definition) is 1. The van der Waals surface area contributed by atoms with E-state index in [0.29, 0.717) is 17.7 Å². The number of para-hydroxylation sites is 1. The van der Waals surface area contributed by atoms with Crippen molar-refractivity contribution in [2.45, 2.75) is 32.3 Å². The number of halogens is 2. The number of aryl methyl sites for hydroxylation is 1. The number of anilines is 1. The molecule has 1 aromatic heterocycles. The van der Waals surface area contributed by atoms with Crippen LogP contribution in [0.4, 0.5) is 10.7 Å². The summed E-state index contributed by atoms with van der Waals surface area (Å²) in [7, 11) is 0. The molecule has 0 aliphatic heterocycles. The van der Waals surface area contributed by atoms with Crippen molar-refractivity contribution in [2.75, 3.05) is 5.32 Å². The van der Waals surface area contributed by atoms with E-state index in [1.54, 1.807) is 23.5 Å². The zero-order chi connectivity index (χ0) is 26.5. The first-order valence-corrected chi connectivity index (χ1v) is 14.9. The average Bonchev–Trinajstić information content (AvgIpc) is 3.31. The number of nitriles is 1. The van der Waals surface area contributed by atoms with E-state index in [0.717, 1.165) is 66.9 Å². The Kier molecular flexibility index (Phi) is 8.57. The molecule has 0 saturated heterocycles. The minimum Gasteiger partial charge on any atom is -0.487 e. The summed E-state index contributed by atoms with van der Waals surface area (Å²) >= 11 is 7.53. The molecule has 5 nitrogen and oxygen atoms in total. The number of nitrogens with one attached hydrogen (secondary N) is 1. The van der Waals surface area contributed by atoms with Gasteiger partial charge in [-0.05, 0) is 117 Å². The van der Waals surface area contributed by atoms with Gasteiger partial charge in [0.25, 0.3) is 5.91 Å². The monoisotopic (exact) mass is 695 g/mol. The molecular weight excluding hydrogens is 673 g/mol. The number of amides is 1. The van der Waals surface area contributed by atoms with Crippen molar-refractivity contribution >= 4 is 72.7 Å². The molecule has 5 rings (SSSR count). The van der Waals surface area contributed by atoms with Gasteiger partial charge in [-0.25, -0.2) is 4.99 Å². The Morgan fingerprint density at radius 2 is 1.89 bits per heavy atom. The predicted molar refractivity (Wildman–Crippen MR) is 165 cm³/mol. The van der Waals surface area contributed by atoms with E-state index >= 15 is 0 Å². The molecule has 0 fully saturated rings. The molecule has 1 N–H and O–H groups in total. The number of thiophene rings is 1. The Balaban J connectivity index is 1.37. The number of hydrogen-bond acceptors (Lipinski definition) is 5. The van der Waals surface area contributed by atoms with Crippen molar-refractivity contribution in [3.8, 4) is 11.8 Å². The second kappa shape index (κ2) is 12.2. The fraction of sp³-hybridized carbons (Fsp3) is 0.167. The van der Waals surface area contributed by atoms with Gasteiger partial charge in [0.05, 0.1) is 25.2 Å². The molecular formula is C30H23BrIN3O2S. The van der Waals surface area contributed by atoms with E-state index in [9.17, 15) is 4.79 Å². The maximum absolute atomic E-state index is 13.3. The topological polar surface area (TPSA) is 74.5 Å². The molecule has 38 heavy (non-hydrogen) atoms. The molecule has 1 aliphatic carbocycles. The summed E-state index contributed by atoms with van der Waals surface area (Å²) in [6, 6.07) is 23.0. The number of carbonyl (C=O) groups excluding carboxylic acids is 1. The maximum atomic E-state index is 13.3. The van der Waals surface area contributed by atoms with Gasteiger partial charge in [0, 0.05) is 16.8 Å². The highest BCUT2D eigenvalue weighted by molar-refractivity contribution is 14.1. The molecule has 0 atom stereocenters. The van der Waals surface area contributed by atoms with E-state index in [-0.39, 0.29) is 5.91 Å². The quantitative estimate of drug-likeness (QED) is 0.156. The van der Waals surface area contributed by atoms with Gasteiger partial charge in [0.15, 0.2) is 0 Å². The lowest BCUT2D eigenvalue weighted by Crippen LogP contribution is -2.14. The van der Waals surface area contributed by atoms with Gasteiger partial charge < -0.3 is 10.1 Å². The number of benzene rings is 3. The van der Waals surface area contributed by atoms with Gasteiger partial charge >= 0.3 is 0 Å². The van der Waals surface area contributed by atoms with Crippen LogP contribution < -0.4 is 10.1 Å². The Hall–Kier alpha value is -3.00. The van der Waals surface area contributed by atoms with Crippen molar-refractivity contribution in [1.82, 2.24) is 0 Å². The second-order valence-corrected chi connectivity index (χ2v) is 12.0. The number of rotatable bonds is 7. The first-order chi connectivity index (χ1) is 18.5. The van der Waals surface area contributed by atoms with Crippen LogP contribution in [-0.2, 0) is 19.4 Å². The third-order valence-electron chi connectivity index (χ3n) is 6.23. The lowest BCUT2D eigenvalue weighted by atomic mass is 9.95. The zero-order valence-corrected chi connectivity index (χ0v) is 24.9. The van der Waals surface area contributed by atoms with E-state index < -0.39 is 0 Å².